The Morgan fingerprint density at radius 3 is 3.00 bits per heavy atom. The van der Waals surface area contributed by atoms with Gasteiger partial charge in [-0.25, -0.2) is 9.97 Å². The van der Waals surface area contributed by atoms with E-state index < -0.39 is 0 Å². The van der Waals surface area contributed by atoms with Gasteiger partial charge >= 0.3 is 0 Å². The van der Waals surface area contributed by atoms with Crippen LogP contribution in [-0.2, 0) is 18.8 Å². The van der Waals surface area contributed by atoms with Crippen LogP contribution in [0, 0.1) is 0 Å². The lowest BCUT2D eigenvalue weighted by Crippen LogP contribution is -2.03. The van der Waals surface area contributed by atoms with Gasteiger partial charge in [-0.2, -0.15) is 0 Å². The van der Waals surface area contributed by atoms with Crippen LogP contribution in [0.25, 0.3) is 11.0 Å². The van der Waals surface area contributed by atoms with Gasteiger partial charge in [0.15, 0.2) is 0 Å². The van der Waals surface area contributed by atoms with Crippen LogP contribution in [0.3, 0.4) is 0 Å². The third-order valence-electron chi connectivity index (χ3n) is 2.99. The molecule has 98 valence electrons. The van der Waals surface area contributed by atoms with E-state index in [1.165, 1.54) is 4.88 Å². The van der Waals surface area contributed by atoms with Crippen LogP contribution in [0.15, 0.2) is 24.7 Å². The second-order valence-electron chi connectivity index (χ2n) is 4.19. The van der Waals surface area contributed by atoms with E-state index in [0.717, 1.165) is 28.3 Å². The minimum Gasteiger partial charge on any atom is -0.320 e. The molecule has 3 heterocycles. The number of rotatable bonds is 4. The molecule has 0 saturated carbocycles. The van der Waals surface area contributed by atoms with Crippen LogP contribution in [-0.4, -0.2) is 19.5 Å². The van der Waals surface area contributed by atoms with Crippen molar-refractivity contribution < 1.29 is 0 Å². The van der Waals surface area contributed by atoms with Crippen molar-refractivity contribution in [2.75, 3.05) is 0 Å². The maximum Gasteiger partial charge on any atom is 0.125 e. The van der Waals surface area contributed by atoms with Crippen molar-refractivity contribution in [2.24, 2.45) is 0 Å². The number of nitrogens with zero attached hydrogens (tertiary/aromatic N) is 4. The molecule has 0 radical (unpaired) electrons. The lowest BCUT2D eigenvalue weighted by atomic mass is 10.4. The average molecular weight is 293 g/mol. The summed E-state index contributed by atoms with van der Waals surface area (Å²) >= 11 is 7.72. The number of hydrogen-bond acceptors (Lipinski definition) is 4. The Kier molecular flexibility index (Phi) is 3.48. The number of aromatic nitrogens is 4. The molecule has 0 fully saturated rings. The Bertz CT molecular complexity index is 704. The molecule has 3 aromatic rings. The summed E-state index contributed by atoms with van der Waals surface area (Å²) in [7, 11) is 0. The zero-order chi connectivity index (χ0) is 13.2. The number of fused-ring (bicyclic) bond motifs is 1. The number of pyridine rings is 1. The Hall–Kier alpha value is -1.46. The molecule has 0 aromatic carbocycles. The summed E-state index contributed by atoms with van der Waals surface area (Å²) < 4.78 is 2.11. The third kappa shape index (κ3) is 2.35. The second-order valence-corrected chi connectivity index (χ2v) is 5.65. The molecule has 0 spiro atoms. The van der Waals surface area contributed by atoms with Gasteiger partial charge in [0.25, 0.3) is 0 Å². The summed E-state index contributed by atoms with van der Waals surface area (Å²) in [5.74, 6) is 1.25. The number of halogens is 1. The van der Waals surface area contributed by atoms with Gasteiger partial charge in [-0.1, -0.05) is 6.92 Å². The first-order valence-corrected chi connectivity index (χ1v) is 7.45. The summed E-state index contributed by atoms with van der Waals surface area (Å²) in [4.78, 5) is 14.3. The van der Waals surface area contributed by atoms with Crippen molar-refractivity contribution in [3.8, 4) is 0 Å². The summed E-state index contributed by atoms with van der Waals surface area (Å²) in [6, 6.07) is 1.97. The lowest BCUT2D eigenvalue weighted by molar-refractivity contribution is 0.773. The van der Waals surface area contributed by atoms with E-state index in [4.69, 9.17) is 11.6 Å². The fraction of sp³-hybridized carbons (Fsp3) is 0.308. The number of imidazole rings is 1. The van der Waals surface area contributed by atoms with Crippen LogP contribution in [0.1, 0.15) is 22.6 Å². The van der Waals surface area contributed by atoms with E-state index in [9.17, 15) is 0 Å². The van der Waals surface area contributed by atoms with E-state index in [2.05, 4.69) is 26.4 Å². The van der Waals surface area contributed by atoms with E-state index in [1.807, 2.05) is 12.3 Å². The van der Waals surface area contributed by atoms with E-state index >= 15 is 0 Å². The molecular weight excluding hydrogens is 280 g/mol. The first kappa shape index (κ1) is 12.6. The smallest absolute Gasteiger partial charge is 0.125 e. The normalized spacial score (nSPS) is 11.3. The van der Waals surface area contributed by atoms with E-state index in [1.54, 1.807) is 23.7 Å². The lowest BCUT2D eigenvalue weighted by Gasteiger charge is -2.04. The molecular formula is C13H13ClN4S. The molecule has 0 amide bonds. The zero-order valence-corrected chi connectivity index (χ0v) is 12.1. The van der Waals surface area contributed by atoms with Crippen molar-refractivity contribution in [3.05, 3.63) is 40.4 Å². The predicted octanol–water partition coefficient (Wildman–Crippen LogP) is 3.24. The van der Waals surface area contributed by atoms with Crippen molar-refractivity contribution in [1.82, 2.24) is 19.5 Å². The quantitative estimate of drug-likeness (QED) is 0.693. The minimum atomic E-state index is 0.390. The standard InChI is InChI=1S/C13H13ClN4S/c1-2-9-6-16-13(19-9)8-18-11-3-4-15-7-10(11)17-12(18)5-14/h3-4,6-7H,2,5,8H2,1H3. The van der Waals surface area contributed by atoms with Crippen LogP contribution in [0.2, 0.25) is 0 Å². The Labute approximate surface area is 120 Å². The fourth-order valence-corrected chi connectivity index (χ4v) is 3.09. The van der Waals surface area contributed by atoms with Gasteiger partial charge < -0.3 is 4.57 Å². The molecule has 0 atom stereocenters. The molecule has 0 saturated heterocycles. The number of hydrogen-bond donors (Lipinski definition) is 0. The Morgan fingerprint density at radius 2 is 2.26 bits per heavy atom. The highest BCUT2D eigenvalue weighted by atomic mass is 35.5. The molecule has 0 unspecified atom stereocenters. The molecule has 0 bridgehead atoms. The summed E-state index contributed by atoms with van der Waals surface area (Å²) in [5.41, 5.74) is 1.93. The predicted molar refractivity (Wildman–Crippen MR) is 77.7 cm³/mol. The minimum absolute atomic E-state index is 0.390. The van der Waals surface area contributed by atoms with Gasteiger partial charge in [-0.15, -0.1) is 22.9 Å². The van der Waals surface area contributed by atoms with E-state index in [-0.39, 0.29) is 0 Å². The van der Waals surface area contributed by atoms with Crippen LogP contribution < -0.4 is 0 Å². The van der Waals surface area contributed by atoms with Crippen LogP contribution >= 0.6 is 22.9 Å². The monoisotopic (exact) mass is 292 g/mol. The molecule has 19 heavy (non-hydrogen) atoms. The van der Waals surface area contributed by atoms with Crippen LogP contribution in [0.5, 0.6) is 0 Å². The van der Waals surface area contributed by atoms with Crippen molar-refractivity contribution in [1.29, 1.82) is 0 Å². The van der Waals surface area contributed by atoms with Crippen LogP contribution in [0.4, 0.5) is 0 Å². The van der Waals surface area contributed by atoms with Crippen molar-refractivity contribution in [2.45, 2.75) is 25.8 Å². The SMILES string of the molecule is CCc1cnc(Cn2c(CCl)nc3cnccc32)s1. The van der Waals surface area contributed by atoms with Crippen molar-refractivity contribution in [3.63, 3.8) is 0 Å². The summed E-state index contributed by atoms with van der Waals surface area (Å²) in [6.45, 7) is 2.85. The first-order chi connectivity index (χ1) is 9.31. The van der Waals surface area contributed by atoms with E-state index in [0.29, 0.717) is 12.4 Å². The van der Waals surface area contributed by atoms with Crippen molar-refractivity contribution >= 4 is 34.0 Å². The molecule has 0 aliphatic heterocycles. The third-order valence-corrected chi connectivity index (χ3v) is 4.36. The topological polar surface area (TPSA) is 43.6 Å². The number of alkyl halides is 1. The molecule has 3 aromatic heterocycles. The fourth-order valence-electron chi connectivity index (χ4n) is 2.03. The first-order valence-electron chi connectivity index (χ1n) is 6.10. The summed E-state index contributed by atoms with van der Waals surface area (Å²) in [6.07, 6.45) is 6.51. The number of thiazole rings is 1. The molecule has 6 heteroatoms. The molecule has 3 rings (SSSR count). The van der Waals surface area contributed by atoms with Gasteiger partial charge in [0, 0.05) is 17.3 Å². The highest BCUT2D eigenvalue weighted by molar-refractivity contribution is 7.11. The average Bonchev–Trinajstić information content (AvgIpc) is 3.04. The number of aryl methyl sites for hydroxylation is 1. The highest BCUT2D eigenvalue weighted by Crippen LogP contribution is 2.20. The molecule has 0 aliphatic carbocycles. The molecule has 4 nitrogen and oxygen atoms in total. The molecule has 0 N–H and O–H groups in total. The largest absolute Gasteiger partial charge is 0.320 e. The Balaban J connectivity index is 2.03. The van der Waals surface area contributed by atoms with Gasteiger partial charge in [0.1, 0.15) is 16.3 Å². The summed E-state index contributed by atoms with van der Waals surface area (Å²) in [5, 5.41) is 1.08. The second kappa shape index (κ2) is 5.27. The highest BCUT2D eigenvalue weighted by Gasteiger charge is 2.11. The van der Waals surface area contributed by atoms with Gasteiger partial charge in [0.2, 0.25) is 0 Å². The maximum atomic E-state index is 5.98. The molecule has 0 aliphatic rings. The van der Waals surface area contributed by atoms with Gasteiger partial charge in [0.05, 0.1) is 24.1 Å². The Morgan fingerprint density at radius 1 is 1.37 bits per heavy atom. The van der Waals surface area contributed by atoms with Gasteiger partial charge in [-0.3, -0.25) is 4.98 Å². The maximum absolute atomic E-state index is 5.98. The zero-order valence-electron chi connectivity index (χ0n) is 10.5. The van der Waals surface area contributed by atoms with Gasteiger partial charge in [-0.05, 0) is 12.5 Å².